The molecule has 2 unspecified atom stereocenters. The molecule has 1 amide bonds. The van der Waals surface area contributed by atoms with Gasteiger partial charge in [0.25, 0.3) is 0 Å². The van der Waals surface area contributed by atoms with E-state index in [9.17, 15) is 4.79 Å². The molecule has 2 heterocycles. The van der Waals surface area contributed by atoms with Gasteiger partial charge < -0.3 is 15.5 Å². The van der Waals surface area contributed by atoms with Crippen LogP contribution in [0, 0.1) is 11.3 Å². The fourth-order valence-corrected chi connectivity index (χ4v) is 3.35. The zero-order valence-corrected chi connectivity index (χ0v) is 12.0. The van der Waals surface area contributed by atoms with Gasteiger partial charge in [0.05, 0.1) is 5.41 Å². The lowest BCUT2D eigenvalue weighted by Crippen LogP contribution is -2.56. The molecule has 0 aromatic carbocycles. The normalized spacial score (nSPS) is 30.1. The first-order valence-electron chi connectivity index (χ1n) is 7.15. The Bertz CT molecular complexity index is 316. The van der Waals surface area contributed by atoms with Crippen LogP contribution in [-0.2, 0) is 4.79 Å². The average Bonchev–Trinajstić information content (AvgIpc) is 2.37. The van der Waals surface area contributed by atoms with Gasteiger partial charge in [0.1, 0.15) is 0 Å². The van der Waals surface area contributed by atoms with Crippen LogP contribution in [0.2, 0.25) is 0 Å². The number of fused-ring (bicyclic) bond motifs is 1. The smallest absolute Gasteiger partial charge is 0.229 e. The molecule has 2 N–H and O–H groups in total. The predicted octanol–water partition coefficient (Wildman–Crippen LogP) is 0.914. The molecule has 4 nitrogen and oxygen atoms in total. The maximum absolute atomic E-state index is 12.4. The summed E-state index contributed by atoms with van der Waals surface area (Å²) in [6, 6.07) is 0.684. The first-order chi connectivity index (χ1) is 8.45. The van der Waals surface area contributed by atoms with E-state index in [1.807, 2.05) is 18.7 Å². The Balaban J connectivity index is 2.00. The first kappa shape index (κ1) is 13.8. The van der Waals surface area contributed by atoms with E-state index in [0.717, 1.165) is 19.5 Å². The van der Waals surface area contributed by atoms with Gasteiger partial charge in [-0.05, 0) is 52.6 Å². The second kappa shape index (κ2) is 5.17. The largest absolute Gasteiger partial charge is 0.342 e. The van der Waals surface area contributed by atoms with E-state index in [2.05, 4.69) is 11.9 Å². The topological polar surface area (TPSA) is 49.6 Å². The molecule has 0 radical (unpaired) electrons. The molecule has 0 saturated carbocycles. The van der Waals surface area contributed by atoms with Crippen molar-refractivity contribution in [1.82, 2.24) is 9.80 Å². The number of nitrogens with two attached hydrogens (primary N) is 1. The Labute approximate surface area is 110 Å². The van der Waals surface area contributed by atoms with Gasteiger partial charge in [-0.2, -0.15) is 0 Å². The molecular weight excluding hydrogens is 226 g/mol. The molecule has 104 valence electrons. The number of nitrogens with zero attached hydrogens (tertiary/aromatic N) is 2. The number of hydrogen-bond donors (Lipinski definition) is 1. The Kier molecular flexibility index (Phi) is 3.97. The summed E-state index contributed by atoms with van der Waals surface area (Å²) in [5.74, 6) is 0.895. The van der Waals surface area contributed by atoms with Gasteiger partial charge >= 0.3 is 0 Å². The minimum Gasteiger partial charge on any atom is -0.342 e. The molecule has 0 aromatic heterocycles. The van der Waals surface area contributed by atoms with Crippen molar-refractivity contribution in [3.8, 4) is 0 Å². The lowest BCUT2D eigenvalue weighted by Gasteiger charge is -2.47. The summed E-state index contributed by atoms with van der Waals surface area (Å²) in [6.45, 7) is 7.37. The van der Waals surface area contributed by atoms with Crippen molar-refractivity contribution in [2.75, 3.05) is 33.2 Å². The van der Waals surface area contributed by atoms with Crippen LogP contribution < -0.4 is 5.73 Å². The highest BCUT2D eigenvalue weighted by Gasteiger charge is 2.39. The number of carbonyl (C=O) groups is 1. The number of rotatable bonds is 2. The van der Waals surface area contributed by atoms with Gasteiger partial charge in [0, 0.05) is 25.7 Å². The highest BCUT2D eigenvalue weighted by Crippen LogP contribution is 2.31. The second-order valence-corrected chi connectivity index (χ2v) is 6.58. The average molecular weight is 253 g/mol. The Morgan fingerprint density at radius 1 is 1.33 bits per heavy atom. The van der Waals surface area contributed by atoms with Crippen LogP contribution in [0.1, 0.15) is 33.1 Å². The van der Waals surface area contributed by atoms with E-state index in [1.54, 1.807) is 0 Å². The van der Waals surface area contributed by atoms with Crippen molar-refractivity contribution in [1.29, 1.82) is 0 Å². The Hall–Kier alpha value is -0.610. The van der Waals surface area contributed by atoms with Crippen LogP contribution >= 0.6 is 0 Å². The van der Waals surface area contributed by atoms with Gasteiger partial charge in [0.15, 0.2) is 0 Å². The lowest BCUT2D eigenvalue weighted by molar-refractivity contribution is -0.143. The van der Waals surface area contributed by atoms with E-state index in [-0.39, 0.29) is 5.91 Å². The zero-order valence-electron chi connectivity index (χ0n) is 12.0. The molecule has 2 rings (SSSR count). The maximum Gasteiger partial charge on any atom is 0.229 e. The van der Waals surface area contributed by atoms with Gasteiger partial charge in [-0.3, -0.25) is 4.79 Å². The van der Waals surface area contributed by atoms with Crippen molar-refractivity contribution >= 4 is 5.91 Å². The van der Waals surface area contributed by atoms with Gasteiger partial charge in [-0.1, -0.05) is 0 Å². The minimum atomic E-state index is -0.409. The molecule has 4 heteroatoms. The summed E-state index contributed by atoms with van der Waals surface area (Å²) >= 11 is 0. The molecule has 0 spiro atoms. The van der Waals surface area contributed by atoms with E-state index in [1.165, 1.54) is 19.4 Å². The molecular formula is C14H27N3O. The summed E-state index contributed by atoms with van der Waals surface area (Å²) in [5, 5.41) is 0. The summed E-state index contributed by atoms with van der Waals surface area (Å²) < 4.78 is 0. The van der Waals surface area contributed by atoms with Crippen molar-refractivity contribution in [2.24, 2.45) is 17.1 Å². The third kappa shape index (κ3) is 2.54. The number of likely N-dealkylation sites (tertiary alicyclic amines) is 2. The molecule has 2 atom stereocenters. The summed E-state index contributed by atoms with van der Waals surface area (Å²) in [6.07, 6.45) is 3.65. The molecule has 2 aliphatic rings. The first-order valence-corrected chi connectivity index (χ1v) is 7.15. The monoisotopic (exact) mass is 253 g/mol. The fourth-order valence-electron chi connectivity index (χ4n) is 3.35. The van der Waals surface area contributed by atoms with Crippen molar-refractivity contribution < 1.29 is 4.79 Å². The number of amides is 1. The van der Waals surface area contributed by atoms with Crippen molar-refractivity contribution in [2.45, 2.75) is 39.2 Å². The van der Waals surface area contributed by atoms with Crippen LogP contribution in [-0.4, -0.2) is 55.0 Å². The summed E-state index contributed by atoms with van der Waals surface area (Å²) in [7, 11) is 2.22. The number of carbonyl (C=O) groups excluding carboxylic acids is 1. The maximum atomic E-state index is 12.4. The van der Waals surface area contributed by atoms with Crippen molar-refractivity contribution in [3.05, 3.63) is 0 Å². The van der Waals surface area contributed by atoms with E-state index in [0.29, 0.717) is 18.5 Å². The molecule has 0 bridgehead atoms. The van der Waals surface area contributed by atoms with Gasteiger partial charge in [-0.15, -0.1) is 0 Å². The van der Waals surface area contributed by atoms with Crippen LogP contribution in [0.15, 0.2) is 0 Å². The number of hydrogen-bond acceptors (Lipinski definition) is 3. The van der Waals surface area contributed by atoms with E-state index >= 15 is 0 Å². The van der Waals surface area contributed by atoms with Gasteiger partial charge in [-0.25, -0.2) is 0 Å². The molecule has 2 saturated heterocycles. The molecule has 2 aliphatic heterocycles. The second-order valence-electron chi connectivity index (χ2n) is 6.58. The van der Waals surface area contributed by atoms with Crippen molar-refractivity contribution in [3.63, 3.8) is 0 Å². The highest BCUT2D eigenvalue weighted by molar-refractivity contribution is 5.82. The summed E-state index contributed by atoms with van der Waals surface area (Å²) in [4.78, 5) is 17.0. The summed E-state index contributed by atoms with van der Waals surface area (Å²) in [5.41, 5.74) is 5.30. The molecule has 0 aromatic rings. The highest BCUT2D eigenvalue weighted by atomic mass is 16.2. The third-order valence-corrected chi connectivity index (χ3v) is 4.72. The standard InChI is InChI=1S/C14H27N3O/c1-14(2,10-15)13(18)17-8-6-12-11(9-17)5-4-7-16(12)3/h11-12H,4-10,15H2,1-3H3. The SMILES string of the molecule is CN1CCCC2CN(C(=O)C(C)(C)CN)CCC21. The van der Waals surface area contributed by atoms with E-state index < -0.39 is 5.41 Å². The zero-order chi connectivity index (χ0) is 13.3. The molecule has 18 heavy (non-hydrogen) atoms. The minimum absolute atomic E-state index is 0.233. The van der Waals surface area contributed by atoms with Crippen LogP contribution in [0.3, 0.4) is 0 Å². The van der Waals surface area contributed by atoms with Crippen LogP contribution in [0.4, 0.5) is 0 Å². The lowest BCUT2D eigenvalue weighted by atomic mass is 9.82. The predicted molar refractivity (Wildman–Crippen MR) is 73.2 cm³/mol. The van der Waals surface area contributed by atoms with E-state index in [4.69, 9.17) is 5.73 Å². The van der Waals surface area contributed by atoms with Crippen LogP contribution in [0.25, 0.3) is 0 Å². The molecule has 0 aliphatic carbocycles. The van der Waals surface area contributed by atoms with Gasteiger partial charge in [0.2, 0.25) is 5.91 Å². The molecule has 2 fully saturated rings. The number of piperidine rings is 2. The Morgan fingerprint density at radius 2 is 2.06 bits per heavy atom. The quantitative estimate of drug-likeness (QED) is 0.796. The van der Waals surface area contributed by atoms with Crippen LogP contribution in [0.5, 0.6) is 0 Å². The third-order valence-electron chi connectivity index (χ3n) is 4.72. The Morgan fingerprint density at radius 3 is 2.72 bits per heavy atom. The fraction of sp³-hybridized carbons (Fsp3) is 0.929.